The highest BCUT2D eigenvalue weighted by molar-refractivity contribution is 5.37. The van der Waals surface area contributed by atoms with Crippen molar-refractivity contribution in [2.45, 2.75) is 32.7 Å². The maximum atomic E-state index is 5.87. The number of aromatic nitrogens is 2. The van der Waals surface area contributed by atoms with Crippen LogP contribution >= 0.6 is 0 Å². The summed E-state index contributed by atoms with van der Waals surface area (Å²) < 4.78 is 0. The van der Waals surface area contributed by atoms with E-state index in [-0.39, 0.29) is 0 Å². The van der Waals surface area contributed by atoms with Crippen LogP contribution in [0, 0.1) is 6.92 Å². The fourth-order valence-corrected chi connectivity index (χ4v) is 2.66. The normalized spacial score (nSPS) is 18.6. The summed E-state index contributed by atoms with van der Waals surface area (Å²) in [6.45, 7) is 9.11. The van der Waals surface area contributed by atoms with Crippen molar-refractivity contribution in [2.75, 3.05) is 37.6 Å². The molecule has 1 aromatic heterocycles. The summed E-state index contributed by atoms with van der Waals surface area (Å²) in [5.41, 5.74) is 6.84. The minimum atomic E-state index is 0.538. The molecule has 1 aromatic rings. The summed E-state index contributed by atoms with van der Waals surface area (Å²) in [5, 5.41) is 8.39. The third-order valence-corrected chi connectivity index (χ3v) is 3.83. The standard InChI is InChI=1S/C14H25N5/c1-3-4-13(11-15)18-7-9-19(10-8-18)14-6-5-12(2)16-17-14/h5-6,13H,3-4,7-11,15H2,1-2H3. The molecule has 0 bridgehead atoms. The summed E-state index contributed by atoms with van der Waals surface area (Å²) in [6.07, 6.45) is 2.40. The first-order valence-electron chi connectivity index (χ1n) is 7.24. The Morgan fingerprint density at radius 3 is 2.47 bits per heavy atom. The van der Waals surface area contributed by atoms with Gasteiger partial charge in [0.15, 0.2) is 5.82 Å². The summed E-state index contributed by atoms with van der Waals surface area (Å²) in [7, 11) is 0. The largest absolute Gasteiger partial charge is 0.353 e. The fraction of sp³-hybridized carbons (Fsp3) is 0.714. The van der Waals surface area contributed by atoms with Crippen LogP contribution in [0.1, 0.15) is 25.5 Å². The van der Waals surface area contributed by atoms with E-state index in [2.05, 4.69) is 33.0 Å². The van der Waals surface area contributed by atoms with Crippen molar-refractivity contribution in [2.24, 2.45) is 5.73 Å². The topological polar surface area (TPSA) is 58.3 Å². The van der Waals surface area contributed by atoms with E-state index in [1.165, 1.54) is 12.8 Å². The number of hydrogen-bond donors (Lipinski definition) is 1. The highest BCUT2D eigenvalue weighted by Gasteiger charge is 2.23. The van der Waals surface area contributed by atoms with Crippen molar-refractivity contribution in [3.8, 4) is 0 Å². The molecule has 2 rings (SSSR count). The molecular weight excluding hydrogens is 238 g/mol. The van der Waals surface area contributed by atoms with Gasteiger partial charge < -0.3 is 10.6 Å². The second kappa shape index (κ2) is 6.82. The summed E-state index contributed by atoms with van der Waals surface area (Å²) in [5.74, 6) is 0.991. The first kappa shape index (κ1) is 14.2. The number of nitrogens with two attached hydrogens (primary N) is 1. The number of nitrogens with zero attached hydrogens (tertiary/aromatic N) is 4. The molecule has 1 unspecified atom stereocenters. The number of hydrogen-bond acceptors (Lipinski definition) is 5. The molecule has 1 atom stereocenters. The van der Waals surface area contributed by atoms with Gasteiger partial charge in [-0.05, 0) is 25.5 Å². The van der Waals surface area contributed by atoms with Crippen molar-refractivity contribution in [3.05, 3.63) is 17.8 Å². The van der Waals surface area contributed by atoms with E-state index in [0.717, 1.165) is 44.2 Å². The molecule has 0 radical (unpaired) electrons. The lowest BCUT2D eigenvalue weighted by molar-refractivity contribution is 0.179. The Balaban J connectivity index is 1.89. The van der Waals surface area contributed by atoms with Gasteiger partial charge in [-0.15, -0.1) is 5.10 Å². The van der Waals surface area contributed by atoms with E-state index in [1.807, 2.05) is 13.0 Å². The molecular formula is C14H25N5. The lowest BCUT2D eigenvalue weighted by atomic mass is 10.1. The Kier molecular flexibility index (Phi) is 5.10. The van der Waals surface area contributed by atoms with Gasteiger partial charge in [-0.1, -0.05) is 13.3 Å². The van der Waals surface area contributed by atoms with E-state index in [9.17, 15) is 0 Å². The first-order chi connectivity index (χ1) is 9.24. The van der Waals surface area contributed by atoms with Gasteiger partial charge in [0.1, 0.15) is 0 Å². The van der Waals surface area contributed by atoms with Crippen LogP contribution in [0.4, 0.5) is 5.82 Å². The van der Waals surface area contributed by atoms with Crippen LogP contribution in [0.2, 0.25) is 0 Å². The van der Waals surface area contributed by atoms with E-state index >= 15 is 0 Å². The molecule has 0 aromatic carbocycles. The van der Waals surface area contributed by atoms with Gasteiger partial charge in [-0.3, -0.25) is 4.90 Å². The quantitative estimate of drug-likeness (QED) is 0.860. The molecule has 1 aliphatic heterocycles. The van der Waals surface area contributed by atoms with Crippen molar-refractivity contribution < 1.29 is 0 Å². The van der Waals surface area contributed by atoms with Crippen LogP contribution in [0.15, 0.2) is 12.1 Å². The Bertz CT molecular complexity index is 370. The van der Waals surface area contributed by atoms with Crippen LogP contribution in [-0.4, -0.2) is 53.9 Å². The molecule has 2 heterocycles. The van der Waals surface area contributed by atoms with E-state index in [4.69, 9.17) is 5.73 Å². The van der Waals surface area contributed by atoms with Gasteiger partial charge in [0.2, 0.25) is 0 Å². The Morgan fingerprint density at radius 1 is 1.21 bits per heavy atom. The Morgan fingerprint density at radius 2 is 1.95 bits per heavy atom. The number of aryl methyl sites for hydroxylation is 1. The molecule has 1 saturated heterocycles. The molecule has 1 fully saturated rings. The SMILES string of the molecule is CCCC(CN)N1CCN(c2ccc(C)nn2)CC1. The zero-order chi connectivity index (χ0) is 13.7. The lowest BCUT2D eigenvalue weighted by Gasteiger charge is -2.39. The zero-order valence-electron chi connectivity index (χ0n) is 12.0. The summed E-state index contributed by atoms with van der Waals surface area (Å²) >= 11 is 0. The van der Waals surface area contributed by atoms with Crippen molar-refractivity contribution in [1.82, 2.24) is 15.1 Å². The van der Waals surface area contributed by atoms with Crippen LogP contribution in [0.5, 0.6) is 0 Å². The molecule has 0 aliphatic carbocycles. The average Bonchev–Trinajstić information content (AvgIpc) is 2.46. The first-order valence-corrected chi connectivity index (χ1v) is 7.24. The summed E-state index contributed by atoms with van der Waals surface area (Å²) in [6, 6.07) is 4.62. The van der Waals surface area contributed by atoms with Crippen molar-refractivity contribution in [1.29, 1.82) is 0 Å². The van der Waals surface area contributed by atoms with E-state index in [1.54, 1.807) is 0 Å². The molecule has 0 spiro atoms. The maximum Gasteiger partial charge on any atom is 0.151 e. The fourth-order valence-electron chi connectivity index (χ4n) is 2.66. The molecule has 0 saturated carbocycles. The molecule has 5 heteroatoms. The monoisotopic (exact) mass is 263 g/mol. The van der Waals surface area contributed by atoms with Crippen LogP contribution < -0.4 is 10.6 Å². The second-order valence-electron chi connectivity index (χ2n) is 5.23. The Hall–Kier alpha value is -1.20. The van der Waals surface area contributed by atoms with Crippen LogP contribution in [-0.2, 0) is 0 Å². The van der Waals surface area contributed by atoms with Gasteiger partial charge in [0.05, 0.1) is 5.69 Å². The number of piperazine rings is 1. The van der Waals surface area contributed by atoms with E-state index < -0.39 is 0 Å². The van der Waals surface area contributed by atoms with Gasteiger partial charge in [0.25, 0.3) is 0 Å². The number of anilines is 1. The Labute approximate surface area is 115 Å². The van der Waals surface area contributed by atoms with Crippen LogP contribution in [0.25, 0.3) is 0 Å². The molecule has 0 amide bonds. The van der Waals surface area contributed by atoms with Gasteiger partial charge in [0, 0.05) is 38.8 Å². The molecule has 19 heavy (non-hydrogen) atoms. The third-order valence-electron chi connectivity index (χ3n) is 3.83. The maximum absolute atomic E-state index is 5.87. The predicted octanol–water partition coefficient (Wildman–Crippen LogP) is 1.03. The molecule has 2 N–H and O–H groups in total. The molecule has 1 aliphatic rings. The van der Waals surface area contributed by atoms with Crippen molar-refractivity contribution >= 4 is 5.82 Å². The second-order valence-corrected chi connectivity index (χ2v) is 5.23. The zero-order valence-corrected chi connectivity index (χ0v) is 12.0. The molecule has 106 valence electrons. The minimum Gasteiger partial charge on any atom is -0.353 e. The predicted molar refractivity (Wildman–Crippen MR) is 78.3 cm³/mol. The number of rotatable bonds is 5. The van der Waals surface area contributed by atoms with Gasteiger partial charge >= 0.3 is 0 Å². The minimum absolute atomic E-state index is 0.538. The van der Waals surface area contributed by atoms with E-state index in [0.29, 0.717) is 6.04 Å². The van der Waals surface area contributed by atoms with Crippen molar-refractivity contribution in [3.63, 3.8) is 0 Å². The highest BCUT2D eigenvalue weighted by Crippen LogP contribution is 2.15. The lowest BCUT2D eigenvalue weighted by Crippen LogP contribution is -2.52. The average molecular weight is 263 g/mol. The molecule has 5 nitrogen and oxygen atoms in total. The third kappa shape index (κ3) is 3.64. The highest BCUT2D eigenvalue weighted by atomic mass is 15.3. The summed E-state index contributed by atoms with van der Waals surface area (Å²) in [4.78, 5) is 4.82. The van der Waals surface area contributed by atoms with Gasteiger partial charge in [-0.2, -0.15) is 5.10 Å². The van der Waals surface area contributed by atoms with Gasteiger partial charge in [-0.25, -0.2) is 0 Å². The van der Waals surface area contributed by atoms with Crippen LogP contribution in [0.3, 0.4) is 0 Å². The smallest absolute Gasteiger partial charge is 0.151 e.